The Morgan fingerprint density at radius 1 is 1.12 bits per heavy atom. The number of carbonyl (C=O) groups is 3. The van der Waals surface area contributed by atoms with Crippen molar-refractivity contribution in [2.45, 2.75) is 52.3 Å². The van der Waals surface area contributed by atoms with E-state index in [-0.39, 0.29) is 17.2 Å². The van der Waals surface area contributed by atoms with Gasteiger partial charge < -0.3 is 14.9 Å². The monoisotopic (exact) mass is 455 g/mol. The van der Waals surface area contributed by atoms with E-state index in [0.29, 0.717) is 13.1 Å². The molecular weight excluding hydrogens is 427 g/mol. The third-order valence-electron chi connectivity index (χ3n) is 5.63. The highest BCUT2D eigenvalue weighted by Gasteiger charge is 2.47. The van der Waals surface area contributed by atoms with E-state index in [1.807, 2.05) is 35.8 Å². The lowest BCUT2D eigenvalue weighted by Gasteiger charge is -2.26. The predicted molar refractivity (Wildman–Crippen MR) is 110 cm³/mol. The lowest BCUT2D eigenvalue weighted by atomic mass is 9.79. The van der Waals surface area contributed by atoms with Crippen molar-refractivity contribution in [2.24, 2.45) is 5.41 Å². The fourth-order valence-electron chi connectivity index (χ4n) is 3.97. The molecule has 10 heteroatoms. The number of nitrogens with zero attached hydrogens (tertiary/aromatic N) is 3. The summed E-state index contributed by atoms with van der Waals surface area (Å²) in [4.78, 5) is 42.2. The van der Waals surface area contributed by atoms with Crippen molar-refractivity contribution in [2.75, 3.05) is 19.6 Å². The van der Waals surface area contributed by atoms with E-state index in [4.69, 9.17) is 9.90 Å². The number of carboxylic acid groups (broad SMARTS) is 1. The topological polar surface area (TPSA) is 90.8 Å². The van der Waals surface area contributed by atoms with Crippen LogP contribution in [0.15, 0.2) is 36.2 Å². The molecule has 1 aromatic rings. The van der Waals surface area contributed by atoms with Gasteiger partial charge in [-0.2, -0.15) is 13.2 Å². The Morgan fingerprint density at radius 2 is 1.72 bits per heavy atom. The molecule has 0 saturated carbocycles. The van der Waals surface area contributed by atoms with Crippen molar-refractivity contribution in [1.29, 1.82) is 0 Å². The van der Waals surface area contributed by atoms with Crippen molar-refractivity contribution in [3.05, 3.63) is 41.7 Å². The number of rotatable bonds is 3. The largest absolute Gasteiger partial charge is 0.490 e. The minimum absolute atomic E-state index is 0.0798. The highest BCUT2D eigenvalue weighted by atomic mass is 19.4. The Kier molecular flexibility index (Phi) is 8.40. The second-order valence-electron chi connectivity index (χ2n) is 8.32. The summed E-state index contributed by atoms with van der Waals surface area (Å²) in [5, 5.41) is 7.12. The minimum Gasteiger partial charge on any atom is -0.475 e. The molecule has 1 spiro atoms. The smallest absolute Gasteiger partial charge is 0.475 e. The molecule has 2 fully saturated rings. The summed E-state index contributed by atoms with van der Waals surface area (Å²) in [6.07, 6.45) is 3.62. The van der Waals surface area contributed by atoms with Crippen LogP contribution in [-0.2, 0) is 20.9 Å². The summed E-state index contributed by atoms with van der Waals surface area (Å²) >= 11 is 0. The lowest BCUT2D eigenvalue weighted by Crippen LogP contribution is -2.36. The summed E-state index contributed by atoms with van der Waals surface area (Å²) < 4.78 is 31.7. The van der Waals surface area contributed by atoms with Gasteiger partial charge in [0.25, 0.3) is 0 Å². The quantitative estimate of drug-likeness (QED) is 0.706. The van der Waals surface area contributed by atoms with Crippen molar-refractivity contribution < 1.29 is 32.7 Å². The molecule has 176 valence electrons. The number of hydrogen-bond donors (Lipinski definition) is 1. The third kappa shape index (κ3) is 6.80. The number of aromatic nitrogens is 1. The SMILES string of the molecule is CC(C)=CC(=O)N1CCCC2(CC1)CCN(Cc1ccncc1)C2=O.O=C(O)C(F)(F)F. The van der Waals surface area contributed by atoms with Crippen LogP contribution in [0.4, 0.5) is 13.2 Å². The summed E-state index contributed by atoms with van der Waals surface area (Å²) in [5.74, 6) is -2.41. The maximum absolute atomic E-state index is 13.1. The second-order valence-corrected chi connectivity index (χ2v) is 8.32. The van der Waals surface area contributed by atoms with E-state index in [2.05, 4.69) is 4.98 Å². The van der Waals surface area contributed by atoms with Crippen LogP contribution in [0.3, 0.4) is 0 Å². The number of carbonyl (C=O) groups excluding carboxylic acids is 2. The lowest BCUT2D eigenvalue weighted by molar-refractivity contribution is -0.192. The number of amides is 2. The van der Waals surface area contributed by atoms with Crippen LogP contribution in [0.2, 0.25) is 0 Å². The van der Waals surface area contributed by atoms with Gasteiger partial charge in [0, 0.05) is 44.6 Å². The standard InChI is InChI=1S/C20H27N3O2.C2HF3O2/c1-16(2)14-18(24)22-11-3-6-20(7-12-22)8-13-23(19(20)25)15-17-4-9-21-10-5-17;3-2(4,5)1(6)7/h4-5,9-10,14H,3,6-8,11-13,15H2,1-2H3;(H,6,7). The first kappa shape index (κ1) is 25.4. The number of carboxylic acids is 1. The predicted octanol–water partition coefficient (Wildman–Crippen LogP) is 3.41. The highest BCUT2D eigenvalue weighted by Crippen LogP contribution is 2.42. The second kappa shape index (κ2) is 10.6. The summed E-state index contributed by atoms with van der Waals surface area (Å²) in [6, 6.07) is 3.93. The Bertz CT molecular complexity index is 854. The van der Waals surface area contributed by atoms with Gasteiger partial charge in [-0.15, -0.1) is 0 Å². The molecule has 0 aromatic carbocycles. The van der Waals surface area contributed by atoms with Gasteiger partial charge in [-0.3, -0.25) is 14.6 Å². The average Bonchev–Trinajstić information content (AvgIpc) is 2.89. The van der Waals surface area contributed by atoms with E-state index >= 15 is 0 Å². The van der Waals surface area contributed by atoms with Gasteiger partial charge in [-0.05, 0) is 57.2 Å². The van der Waals surface area contributed by atoms with Crippen LogP contribution in [-0.4, -0.2) is 63.5 Å². The van der Waals surface area contributed by atoms with Crippen LogP contribution in [0.25, 0.3) is 0 Å². The number of aliphatic carboxylic acids is 1. The number of halogens is 3. The Morgan fingerprint density at radius 3 is 2.28 bits per heavy atom. The molecule has 2 saturated heterocycles. The number of alkyl halides is 3. The van der Waals surface area contributed by atoms with Gasteiger partial charge in [0.2, 0.25) is 11.8 Å². The molecule has 1 atom stereocenters. The molecule has 0 aliphatic carbocycles. The molecule has 1 unspecified atom stereocenters. The van der Waals surface area contributed by atoms with Crippen LogP contribution in [0.5, 0.6) is 0 Å². The molecule has 1 aromatic heterocycles. The van der Waals surface area contributed by atoms with Crippen molar-refractivity contribution in [3.8, 4) is 0 Å². The minimum atomic E-state index is -5.08. The van der Waals surface area contributed by atoms with E-state index in [9.17, 15) is 22.8 Å². The van der Waals surface area contributed by atoms with Crippen LogP contribution in [0, 0.1) is 5.41 Å². The first-order valence-electron chi connectivity index (χ1n) is 10.4. The van der Waals surface area contributed by atoms with Crippen molar-refractivity contribution >= 4 is 17.8 Å². The first-order chi connectivity index (χ1) is 14.9. The average molecular weight is 455 g/mol. The highest BCUT2D eigenvalue weighted by molar-refractivity contribution is 5.88. The number of hydrogen-bond acceptors (Lipinski definition) is 4. The zero-order valence-electron chi connectivity index (χ0n) is 18.2. The summed E-state index contributed by atoms with van der Waals surface area (Å²) in [5.41, 5.74) is 1.87. The molecule has 2 amide bonds. The van der Waals surface area contributed by atoms with Gasteiger partial charge >= 0.3 is 12.1 Å². The first-order valence-corrected chi connectivity index (χ1v) is 10.4. The van der Waals surface area contributed by atoms with E-state index in [1.165, 1.54) is 0 Å². The van der Waals surface area contributed by atoms with Crippen LogP contribution >= 0.6 is 0 Å². The Labute approximate surface area is 184 Å². The van der Waals surface area contributed by atoms with E-state index in [0.717, 1.165) is 49.9 Å². The van der Waals surface area contributed by atoms with Crippen LogP contribution < -0.4 is 0 Å². The zero-order chi connectivity index (χ0) is 23.9. The van der Waals surface area contributed by atoms with Gasteiger partial charge in [-0.1, -0.05) is 5.57 Å². The molecule has 7 nitrogen and oxygen atoms in total. The third-order valence-corrected chi connectivity index (χ3v) is 5.63. The molecule has 3 rings (SSSR count). The fraction of sp³-hybridized carbons (Fsp3) is 0.545. The molecule has 2 aliphatic heterocycles. The molecular formula is C22H28F3N3O4. The molecule has 1 N–H and O–H groups in total. The Balaban J connectivity index is 0.000000451. The van der Waals surface area contributed by atoms with Gasteiger partial charge in [0.1, 0.15) is 0 Å². The summed E-state index contributed by atoms with van der Waals surface area (Å²) in [7, 11) is 0. The van der Waals surface area contributed by atoms with E-state index in [1.54, 1.807) is 18.5 Å². The maximum Gasteiger partial charge on any atom is 0.490 e. The van der Waals surface area contributed by atoms with E-state index < -0.39 is 12.1 Å². The number of likely N-dealkylation sites (tertiary alicyclic amines) is 2. The van der Waals surface area contributed by atoms with Gasteiger partial charge in [-0.25, -0.2) is 4.79 Å². The molecule has 32 heavy (non-hydrogen) atoms. The normalized spacial score (nSPS) is 21.0. The number of pyridine rings is 1. The van der Waals surface area contributed by atoms with Crippen molar-refractivity contribution in [3.63, 3.8) is 0 Å². The molecule has 0 bridgehead atoms. The van der Waals surface area contributed by atoms with Gasteiger partial charge in [0.15, 0.2) is 0 Å². The Hall–Kier alpha value is -2.91. The number of allylic oxidation sites excluding steroid dienone is 1. The molecule has 0 radical (unpaired) electrons. The summed E-state index contributed by atoms with van der Waals surface area (Å²) in [6.45, 7) is 6.77. The van der Waals surface area contributed by atoms with Crippen molar-refractivity contribution in [1.82, 2.24) is 14.8 Å². The molecule has 3 heterocycles. The van der Waals surface area contributed by atoms with Gasteiger partial charge in [0.05, 0.1) is 5.41 Å². The van der Waals surface area contributed by atoms with Crippen LogP contribution in [0.1, 0.15) is 45.1 Å². The molecule has 2 aliphatic rings. The zero-order valence-corrected chi connectivity index (χ0v) is 18.2. The fourth-order valence-corrected chi connectivity index (χ4v) is 3.97. The maximum atomic E-state index is 13.1.